The van der Waals surface area contributed by atoms with Gasteiger partial charge in [0.05, 0.1) is 24.9 Å². The summed E-state index contributed by atoms with van der Waals surface area (Å²) in [4.78, 5) is 56.0. The number of methoxy groups -OCH3 is 1. The van der Waals surface area contributed by atoms with Crippen molar-refractivity contribution < 1.29 is 19.1 Å². The summed E-state index contributed by atoms with van der Waals surface area (Å²) in [5.74, 6) is -0.251. The first-order valence-corrected chi connectivity index (χ1v) is 11.5. The molecule has 1 aromatic carbocycles. The fourth-order valence-corrected chi connectivity index (χ4v) is 4.21. The van der Waals surface area contributed by atoms with Crippen LogP contribution < -0.4 is 11.2 Å². The first-order chi connectivity index (χ1) is 16.8. The Labute approximate surface area is 210 Å². The van der Waals surface area contributed by atoms with Gasteiger partial charge in [-0.2, -0.15) is 0 Å². The minimum absolute atomic E-state index is 0.138. The van der Waals surface area contributed by atoms with Crippen molar-refractivity contribution in [3.05, 3.63) is 61.6 Å². The number of carbonyl (C=O) groups excluding carboxylic acids is 2. The normalized spacial score (nSPS) is 11.9. The number of nitrogens with zero attached hydrogens (tertiary/aromatic N) is 5. The summed E-state index contributed by atoms with van der Waals surface area (Å²) in [7, 11) is 4.33. The molecule has 4 rings (SSSR count). The van der Waals surface area contributed by atoms with Crippen molar-refractivity contribution in [2.24, 2.45) is 14.1 Å². The first kappa shape index (κ1) is 25.2. The smallest absolute Gasteiger partial charge is 0.419 e. The zero-order chi connectivity index (χ0) is 26.5. The number of carbonyl (C=O) groups is 2. The van der Waals surface area contributed by atoms with Crippen molar-refractivity contribution in [3.63, 3.8) is 0 Å². The molecule has 11 nitrogen and oxygen atoms in total. The standard InChI is InChI=1S/C24H26ClN5O6/c1-24(2,3)36-23(34)30-15(10-13-9-14(25)7-8-16(13)30)12-29-21(32)19-20(28(5)22(29)33)26-17(27(19)4)11-18(31)35-6/h7-10H,11-12H2,1-6H3. The fourth-order valence-electron chi connectivity index (χ4n) is 4.03. The third-order valence-corrected chi connectivity index (χ3v) is 5.95. The van der Waals surface area contributed by atoms with Gasteiger partial charge in [-0.15, -0.1) is 0 Å². The lowest BCUT2D eigenvalue weighted by Crippen LogP contribution is -2.40. The van der Waals surface area contributed by atoms with Crippen LogP contribution in [-0.4, -0.2) is 48.0 Å². The molecule has 0 unspecified atom stereocenters. The van der Waals surface area contributed by atoms with Gasteiger partial charge in [-0.25, -0.2) is 19.1 Å². The van der Waals surface area contributed by atoms with Crippen LogP contribution in [0, 0.1) is 0 Å². The molecule has 3 heterocycles. The summed E-state index contributed by atoms with van der Waals surface area (Å²) in [6, 6.07) is 6.69. The maximum Gasteiger partial charge on any atom is 0.419 e. The van der Waals surface area contributed by atoms with Gasteiger partial charge in [-0.05, 0) is 45.0 Å². The molecule has 190 valence electrons. The number of esters is 1. The molecule has 0 spiro atoms. The summed E-state index contributed by atoms with van der Waals surface area (Å²) < 4.78 is 15.3. The second-order valence-corrected chi connectivity index (χ2v) is 9.84. The summed E-state index contributed by atoms with van der Waals surface area (Å²) in [6.45, 7) is 5.02. The molecule has 36 heavy (non-hydrogen) atoms. The Morgan fingerprint density at radius 2 is 1.78 bits per heavy atom. The number of halogens is 1. The molecule has 0 bridgehead atoms. The predicted octanol–water partition coefficient (Wildman–Crippen LogP) is 2.59. The Balaban J connectivity index is 1.91. The second kappa shape index (κ2) is 8.98. The van der Waals surface area contributed by atoms with E-state index < -0.39 is 28.9 Å². The predicted molar refractivity (Wildman–Crippen MR) is 134 cm³/mol. The van der Waals surface area contributed by atoms with Gasteiger partial charge < -0.3 is 14.0 Å². The van der Waals surface area contributed by atoms with Crippen LogP contribution in [0.2, 0.25) is 5.02 Å². The average molecular weight is 516 g/mol. The molecule has 0 fully saturated rings. The quantitative estimate of drug-likeness (QED) is 0.383. The highest BCUT2D eigenvalue weighted by atomic mass is 35.5. The number of benzene rings is 1. The van der Waals surface area contributed by atoms with Gasteiger partial charge >= 0.3 is 17.8 Å². The summed E-state index contributed by atoms with van der Waals surface area (Å²) in [5, 5.41) is 1.12. The molecule has 3 aromatic heterocycles. The largest absolute Gasteiger partial charge is 0.469 e. The summed E-state index contributed by atoms with van der Waals surface area (Å²) in [6.07, 6.45) is -0.815. The highest BCUT2D eigenvalue weighted by Gasteiger charge is 2.25. The van der Waals surface area contributed by atoms with Crippen LogP contribution in [0.4, 0.5) is 4.79 Å². The Hall–Kier alpha value is -3.86. The zero-order valence-corrected chi connectivity index (χ0v) is 21.5. The summed E-state index contributed by atoms with van der Waals surface area (Å²) >= 11 is 6.15. The van der Waals surface area contributed by atoms with Gasteiger partial charge in [-0.1, -0.05) is 11.6 Å². The lowest BCUT2D eigenvalue weighted by Gasteiger charge is -2.21. The molecule has 0 aliphatic rings. The third kappa shape index (κ3) is 4.41. The second-order valence-electron chi connectivity index (χ2n) is 9.40. The Morgan fingerprint density at radius 3 is 2.42 bits per heavy atom. The van der Waals surface area contributed by atoms with Crippen LogP contribution >= 0.6 is 11.6 Å². The lowest BCUT2D eigenvalue weighted by molar-refractivity contribution is -0.139. The van der Waals surface area contributed by atoms with Crippen LogP contribution in [0.15, 0.2) is 33.9 Å². The zero-order valence-electron chi connectivity index (χ0n) is 20.8. The topological polar surface area (TPSA) is 119 Å². The van der Waals surface area contributed by atoms with Gasteiger partial charge in [0.2, 0.25) is 0 Å². The van der Waals surface area contributed by atoms with E-state index in [-0.39, 0.29) is 30.0 Å². The molecule has 0 amide bonds. The molecule has 0 aliphatic carbocycles. The van der Waals surface area contributed by atoms with E-state index in [1.165, 1.54) is 27.9 Å². The van der Waals surface area contributed by atoms with Crippen LogP contribution in [0.5, 0.6) is 0 Å². The van der Waals surface area contributed by atoms with Crippen molar-refractivity contribution >= 4 is 45.7 Å². The van der Waals surface area contributed by atoms with Crippen LogP contribution in [0.25, 0.3) is 22.1 Å². The van der Waals surface area contributed by atoms with Gasteiger partial charge in [0, 0.05) is 24.5 Å². The molecule has 0 atom stereocenters. The van der Waals surface area contributed by atoms with E-state index in [1.807, 2.05) is 0 Å². The number of aromatic nitrogens is 5. The number of hydrogen-bond acceptors (Lipinski definition) is 7. The summed E-state index contributed by atoms with van der Waals surface area (Å²) in [5.41, 5.74) is -0.852. The first-order valence-electron chi connectivity index (χ1n) is 11.1. The van der Waals surface area contributed by atoms with E-state index in [0.717, 1.165) is 4.57 Å². The molecule has 0 radical (unpaired) electrons. The number of rotatable bonds is 4. The fraction of sp³-hybridized carbons (Fsp3) is 0.375. The average Bonchev–Trinajstić information content (AvgIpc) is 3.31. The van der Waals surface area contributed by atoms with Gasteiger partial charge in [0.1, 0.15) is 17.8 Å². The lowest BCUT2D eigenvalue weighted by atomic mass is 10.2. The van der Waals surface area contributed by atoms with Crippen molar-refractivity contribution in [3.8, 4) is 0 Å². The number of fused-ring (bicyclic) bond motifs is 2. The molecule has 0 N–H and O–H groups in total. The minimum atomic E-state index is -0.770. The highest BCUT2D eigenvalue weighted by molar-refractivity contribution is 6.31. The SMILES string of the molecule is COC(=O)Cc1nc2c(c(=O)n(Cc3cc4cc(Cl)ccc4n3C(=O)OC(C)(C)C)c(=O)n2C)n1C. The Bertz CT molecular complexity index is 1650. The van der Waals surface area contributed by atoms with Crippen LogP contribution in [-0.2, 0) is 41.3 Å². The maximum absolute atomic E-state index is 13.5. The molecular formula is C24H26ClN5O6. The van der Waals surface area contributed by atoms with Gasteiger partial charge in [0.25, 0.3) is 5.56 Å². The van der Waals surface area contributed by atoms with E-state index in [4.69, 9.17) is 21.1 Å². The van der Waals surface area contributed by atoms with Crippen molar-refractivity contribution in [1.82, 2.24) is 23.3 Å². The Kier molecular flexibility index (Phi) is 6.29. The molecular weight excluding hydrogens is 490 g/mol. The van der Waals surface area contributed by atoms with Crippen LogP contribution in [0.3, 0.4) is 0 Å². The number of ether oxygens (including phenoxy) is 2. The highest BCUT2D eigenvalue weighted by Crippen LogP contribution is 2.25. The number of aryl methyl sites for hydroxylation is 2. The van der Waals surface area contributed by atoms with E-state index in [2.05, 4.69) is 4.98 Å². The van der Waals surface area contributed by atoms with E-state index in [0.29, 0.717) is 21.6 Å². The van der Waals surface area contributed by atoms with Crippen LogP contribution in [0.1, 0.15) is 32.3 Å². The molecule has 12 heteroatoms. The van der Waals surface area contributed by atoms with Crippen molar-refractivity contribution in [2.45, 2.75) is 39.3 Å². The van der Waals surface area contributed by atoms with Crippen molar-refractivity contribution in [1.29, 1.82) is 0 Å². The molecule has 0 saturated carbocycles. The third-order valence-electron chi connectivity index (χ3n) is 5.72. The molecule has 4 aromatic rings. The van der Waals surface area contributed by atoms with E-state index in [9.17, 15) is 19.2 Å². The Morgan fingerprint density at radius 1 is 1.08 bits per heavy atom. The monoisotopic (exact) mass is 515 g/mol. The van der Waals surface area contributed by atoms with Gasteiger partial charge in [0.15, 0.2) is 11.2 Å². The molecule has 0 aliphatic heterocycles. The minimum Gasteiger partial charge on any atom is -0.469 e. The van der Waals surface area contributed by atoms with Crippen molar-refractivity contribution in [2.75, 3.05) is 7.11 Å². The molecule has 0 saturated heterocycles. The number of hydrogen-bond donors (Lipinski definition) is 0. The van der Waals surface area contributed by atoms with E-state index in [1.54, 1.807) is 52.1 Å². The maximum atomic E-state index is 13.5. The van der Waals surface area contributed by atoms with Gasteiger partial charge in [-0.3, -0.25) is 18.7 Å². The number of imidazole rings is 1. The van der Waals surface area contributed by atoms with E-state index >= 15 is 0 Å².